The maximum Gasteiger partial charge on any atom is 0.274 e. The van der Waals surface area contributed by atoms with Crippen LogP contribution in [0, 0.1) is 18.3 Å². The molecule has 1 amide bonds. The summed E-state index contributed by atoms with van der Waals surface area (Å²) in [6, 6.07) is 0.591. The van der Waals surface area contributed by atoms with Crippen molar-refractivity contribution in [1.82, 2.24) is 19.8 Å². The molecule has 0 aromatic carbocycles. The summed E-state index contributed by atoms with van der Waals surface area (Å²) in [5, 5.41) is 10.2. The lowest BCUT2D eigenvalue weighted by molar-refractivity contribution is 0.0707. The van der Waals surface area contributed by atoms with Crippen molar-refractivity contribution in [1.29, 1.82) is 0 Å². The van der Waals surface area contributed by atoms with Gasteiger partial charge in [-0.25, -0.2) is 4.98 Å². The van der Waals surface area contributed by atoms with Crippen molar-refractivity contribution in [2.75, 3.05) is 55.8 Å². The summed E-state index contributed by atoms with van der Waals surface area (Å²) in [7, 11) is 0. The third kappa shape index (κ3) is 3.48. The molecule has 4 rings (SSSR count). The van der Waals surface area contributed by atoms with Crippen LogP contribution < -0.4 is 0 Å². The van der Waals surface area contributed by atoms with E-state index in [4.69, 9.17) is 0 Å². The highest BCUT2D eigenvalue weighted by atomic mass is 32.2. The van der Waals surface area contributed by atoms with Crippen LogP contribution in [0.25, 0.3) is 0 Å². The van der Waals surface area contributed by atoms with Gasteiger partial charge in [0.15, 0.2) is 0 Å². The molecule has 6 nitrogen and oxygen atoms in total. The van der Waals surface area contributed by atoms with Crippen molar-refractivity contribution in [3.8, 4) is 0 Å². The molecule has 142 valence electrons. The molecular weight excluding hydrogens is 368 g/mol. The number of carbonyl (C=O) groups excluding carboxylic acids is 1. The van der Waals surface area contributed by atoms with E-state index in [9.17, 15) is 9.90 Å². The van der Waals surface area contributed by atoms with Gasteiger partial charge in [0.1, 0.15) is 5.69 Å². The highest BCUT2D eigenvalue weighted by Gasteiger charge is 2.54. The van der Waals surface area contributed by atoms with Crippen LogP contribution >= 0.6 is 23.5 Å². The highest BCUT2D eigenvalue weighted by molar-refractivity contribution is 8.03. The molecule has 3 saturated heterocycles. The van der Waals surface area contributed by atoms with Crippen molar-refractivity contribution in [3.63, 3.8) is 0 Å². The van der Waals surface area contributed by atoms with Crippen LogP contribution in [0.4, 0.5) is 0 Å². The van der Waals surface area contributed by atoms with Gasteiger partial charge in [0.2, 0.25) is 0 Å². The Hall–Kier alpha value is -0.830. The van der Waals surface area contributed by atoms with Gasteiger partial charge in [0.25, 0.3) is 5.91 Å². The first-order valence-corrected chi connectivity index (χ1v) is 11.5. The minimum Gasteiger partial charge on any atom is -0.396 e. The van der Waals surface area contributed by atoms with Crippen LogP contribution in [-0.2, 0) is 0 Å². The molecule has 3 aliphatic heterocycles. The monoisotopic (exact) mass is 394 g/mol. The summed E-state index contributed by atoms with van der Waals surface area (Å²) in [6.45, 7) is 5.20. The molecule has 3 fully saturated rings. The van der Waals surface area contributed by atoms with Gasteiger partial charge in [-0.15, -0.1) is 0 Å². The Balaban J connectivity index is 1.45. The van der Waals surface area contributed by atoms with Crippen molar-refractivity contribution in [3.05, 3.63) is 23.8 Å². The van der Waals surface area contributed by atoms with E-state index in [1.165, 1.54) is 23.0 Å². The summed E-state index contributed by atoms with van der Waals surface area (Å²) >= 11 is 4.09. The van der Waals surface area contributed by atoms with Gasteiger partial charge in [0, 0.05) is 66.8 Å². The highest BCUT2D eigenvalue weighted by Crippen LogP contribution is 2.43. The fourth-order valence-corrected chi connectivity index (χ4v) is 6.99. The second-order valence-corrected chi connectivity index (χ2v) is 9.98. The number of hydrogen-bond acceptors (Lipinski definition) is 7. The van der Waals surface area contributed by atoms with E-state index in [0.29, 0.717) is 30.7 Å². The number of thioether (sulfide) groups is 2. The number of aryl methyl sites for hydroxylation is 1. The second-order valence-electron chi connectivity index (χ2n) is 7.68. The van der Waals surface area contributed by atoms with Crippen LogP contribution in [0.2, 0.25) is 0 Å². The van der Waals surface area contributed by atoms with Crippen LogP contribution in [0.15, 0.2) is 12.4 Å². The van der Waals surface area contributed by atoms with Crippen LogP contribution in [0.5, 0.6) is 0 Å². The molecule has 0 aliphatic carbocycles. The Kier molecular flexibility index (Phi) is 5.46. The number of hydrogen-bond donors (Lipinski definition) is 1. The molecule has 0 radical (unpaired) electrons. The van der Waals surface area contributed by atoms with Gasteiger partial charge < -0.3 is 10.0 Å². The molecule has 3 aliphatic rings. The number of aliphatic hydroxyl groups is 1. The van der Waals surface area contributed by atoms with Gasteiger partial charge in [-0.3, -0.25) is 14.7 Å². The summed E-state index contributed by atoms with van der Waals surface area (Å²) in [4.78, 5) is 25.7. The molecule has 1 aromatic rings. The first kappa shape index (κ1) is 18.5. The van der Waals surface area contributed by atoms with Gasteiger partial charge >= 0.3 is 0 Å². The molecule has 2 atom stereocenters. The number of aromatic nitrogens is 2. The third-order valence-corrected chi connectivity index (χ3v) is 8.38. The van der Waals surface area contributed by atoms with Crippen molar-refractivity contribution < 1.29 is 9.90 Å². The molecule has 1 aromatic heterocycles. The number of aliphatic hydroxyl groups excluding tert-OH is 1. The zero-order valence-electron chi connectivity index (χ0n) is 15.1. The second kappa shape index (κ2) is 7.66. The van der Waals surface area contributed by atoms with E-state index < -0.39 is 0 Å². The van der Waals surface area contributed by atoms with Crippen LogP contribution in [-0.4, -0.2) is 92.6 Å². The minimum absolute atomic E-state index is 0.0631. The number of rotatable bonds is 3. The lowest BCUT2D eigenvalue weighted by Crippen LogP contribution is -2.43. The standard InChI is InChI=1S/C18H26N4O2S2/c1-13-4-20-16(5-19-13)17(24)22-7-14-6-21(10-18(14,11-22)12-23)15-8-25-2-3-26-9-15/h4-5,14-15,23H,2-3,6-12H2,1H3. The third-order valence-electron chi connectivity index (χ3n) is 5.90. The first-order chi connectivity index (χ1) is 12.6. The maximum atomic E-state index is 12.8. The average molecular weight is 395 g/mol. The van der Waals surface area contributed by atoms with E-state index in [1.807, 2.05) is 35.3 Å². The van der Waals surface area contributed by atoms with Crippen LogP contribution in [0.3, 0.4) is 0 Å². The molecule has 0 spiro atoms. The molecule has 2 unspecified atom stereocenters. The molecule has 0 bridgehead atoms. The zero-order chi connectivity index (χ0) is 18.1. The maximum absolute atomic E-state index is 12.8. The molecule has 0 saturated carbocycles. The Bertz CT molecular complexity index is 651. The largest absolute Gasteiger partial charge is 0.396 e. The molecule has 8 heteroatoms. The molecule has 4 heterocycles. The van der Waals surface area contributed by atoms with E-state index in [1.54, 1.807) is 12.4 Å². The Morgan fingerprint density at radius 3 is 2.62 bits per heavy atom. The molecule has 26 heavy (non-hydrogen) atoms. The van der Waals surface area contributed by atoms with Gasteiger partial charge in [-0.1, -0.05) is 0 Å². The summed E-state index contributed by atoms with van der Waals surface area (Å²) < 4.78 is 0. The molecular formula is C18H26N4O2S2. The van der Waals surface area contributed by atoms with E-state index in [2.05, 4.69) is 14.9 Å². The predicted molar refractivity (Wildman–Crippen MR) is 106 cm³/mol. The van der Waals surface area contributed by atoms with E-state index >= 15 is 0 Å². The first-order valence-electron chi connectivity index (χ1n) is 9.20. The fourth-order valence-electron chi connectivity index (χ4n) is 4.36. The summed E-state index contributed by atoms with van der Waals surface area (Å²) in [6.07, 6.45) is 3.19. The number of likely N-dealkylation sites (tertiary alicyclic amines) is 2. The normalized spacial score (nSPS) is 30.4. The van der Waals surface area contributed by atoms with Gasteiger partial charge in [0.05, 0.1) is 18.5 Å². The number of nitrogens with zero attached hydrogens (tertiary/aromatic N) is 4. The fraction of sp³-hybridized carbons (Fsp3) is 0.722. The lowest BCUT2D eigenvalue weighted by Gasteiger charge is -2.31. The molecule has 1 N–H and O–H groups in total. The van der Waals surface area contributed by atoms with Crippen molar-refractivity contribution in [2.45, 2.75) is 13.0 Å². The van der Waals surface area contributed by atoms with Gasteiger partial charge in [-0.05, 0) is 12.8 Å². The quantitative estimate of drug-likeness (QED) is 0.820. The number of fused-ring (bicyclic) bond motifs is 1. The zero-order valence-corrected chi connectivity index (χ0v) is 16.8. The average Bonchev–Trinajstić information content (AvgIpc) is 3.03. The number of carbonyl (C=O) groups is 1. The van der Waals surface area contributed by atoms with E-state index in [-0.39, 0.29) is 17.9 Å². The minimum atomic E-state index is -0.185. The topological polar surface area (TPSA) is 69.6 Å². The lowest BCUT2D eigenvalue weighted by atomic mass is 9.82. The SMILES string of the molecule is Cc1cnc(C(=O)N2CC3CN(C4CSCCSC4)CC3(CO)C2)cn1. The van der Waals surface area contributed by atoms with E-state index in [0.717, 1.165) is 18.8 Å². The summed E-state index contributed by atoms with van der Waals surface area (Å²) in [5.41, 5.74) is 1.02. The van der Waals surface area contributed by atoms with Crippen molar-refractivity contribution in [2.24, 2.45) is 11.3 Å². The smallest absolute Gasteiger partial charge is 0.274 e. The Labute approximate surface area is 163 Å². The Morgan fingerprint density at radius 2 is 2.00 bits per heavy atom. The Morgan fingerprint density at radius 1 is 1.23 bits per heavy atom. The van der Waals surface area contributed by atoms with Gasteiger partial charge in [-0.2, -0.15) is 23.5 Å². The van der Waals surface area contributed by atoms with Crippen LogP contribution in [0.1, 0.15) is 16.2 Å². The van der Waals surface area contributed by atoms with Crippen molar-refractivity contribution >= 4 is 29.4 Å². The summed E-state index contributed by atoms with van der Waals surface area (Å²) in [5.74, 6) is 5.12. The predicted octanol–water partition coefficient (Wildman–Crippen LogP) is 1.000. The number of amides is 1.